The Balaban J connectivity index is 1.55. The summed E-state index contributed by atoms with van der Waals surface area (Å²) in [6.45, 7) is 1.78. The third-order valence-electron chi connectivity index (χ3n) is 4.73. The number of sulfonamides is 1. The van der Waals surface area contributed by atoms with Gasteiger partial charge in [-0.3, -0.25) is 0 Å². The van der Waals surface area contributed by atoms with Crippen molar-refractivity contribution >= 4 is 26.0 Å². The number of piperidine rings is 1. The maximum absolute atomic E-state index is 12.7. The molecule has 1 heterocycles. The van der Waals surface area contributed by atoms with E-state index in [9.17, 15) is 13.5 Å². The van der Waals surface area contributed by atoms with Crippen LogP contribution in [0.3, 0.4) is 0 Å². The van der Waals surface area contributed by atoms with Gasteiger partial charge in [-0.05, 0) is 42.7 Å². The van der Waals surface area contributed by atoms with Crippen molar-refractivity contribution in [2.24, 2.45) is 0 Å². The normalized spacial score (nSPS) is 17.9. The van der Waals surface area contributed by atoms with Crippen LogP contribution in [0.2, 0.25) is 0 Å². The molecule has 0 atom stereocenters. The quantitative estimate of drug-likeness (QED) is 0.727. The van der Waals surface area contributed by atoms with Crippen molar-refractivity contribution < 1.29 is 13.5 Å². The molecule has 2 aromatic rings. The molecule has 1 aliphatic rings. The van der Waals surface area contributed by atoms with E-state index in [1.165, 1.54) is 4.31 Å². The molecule has 0 amide bonds. The van der Waals surface area contributed by atoms with Gasteiger partial charge in [0.15, 0.2) is 0 Å². The van der Waals surface area contributed by atoms with Crippen molar-refractivity contribution in [3.8, 4) is 0 Å². The molecule has 1 aliphatic heterocycles. The zero-order valence-electron chi connectivity index (χ0n) is 14.4. The minimum absolute atomic E-state index is 0.286. The third kappa shape index (κ3) is 4.72. The Kier molecular flexibility index (Phi) is 6.14. The molecule has 0 radical (unpaired) electrons. The first kappa shape index (κ1) is 19.5. The molecule has 0 aromatic heterocycles. The zero-order chi connectivity index (χ0) is 18.6. The summed E-state index contributed by atoms with van der Waals surface area (Å²) in [5.74, 6) is 0. The van der Waals surface area contributed by atoms with Gasteiger partial charge in [0.1, 0.15) is 0 Å². The molecule has 0 aliphatic carbocycles. The fourth-order valence-electron chi connectivity index (χ4n) is 3.11. The molecule has 2 N–H and O–H groups in total. The van der Waals surface area contributed by atoms with E-state index in [0.29, 0.717) is 39.0 Å². The fraction of sp³-hybridized carbons (Fsp3) is 0.368. The summed E-state index contributed by atoms with van der Waals surface area (Å²) >= 11 is 3.32. The number of halogens is 1. The largest absolute Gasteiger partial charge is 0.388 e. The van der Waals surface area contributed by atoms with Gasteiger partial charge < -0.3 is 10.4 Å². The lowest BCUT2D eigenvalue weighted by molar-refractivity contribution is -0.00409. The van der Waals surface area contributed by atoms with Gasteiger partial charge in [-0.2, -0.15) is 4.31 Å². The van der Waals surface area contributed by atoms with E-state index in [1.807, 2.05) is 30.3 Å². The molecule has 3 rings (SSSR count). The van der Waals surface area contributed by atoms with E-state index in [4.69, 9.17) is 0 Å². The standard InChI is InChI=1S/C19H23BrN2O3S/c20-17-6-8-18(9-7-17)26(24,25)22-12-10-19(23,11-13-22)15-21-14-16-4-2-1-3-5-16/h1-9,21,23H,10-15H2. The van der Waals surface area contributed by atoms with Crippen LogP contribution in [0.15, 0.2) is 64.0 Å². The van der Waals surface area contributed by atoms with Crippen molar-refractivity contribution in [3.63, 3.8) is 0 Å². The second-order valence-corrected chi connectivity index (χ2v) is 9.53. The third-order valence-corrected chi connectivity index (χ3v) is 7.17. The predicted octanol–water partition coefficient (Wildman–Crippen LogP) is 2.75. The average molecular weight is 439 g/mol. The predicted molar refractivity (Wildman–Crippen MR) is 105 cm³/mol. The number of nitrogens with zero attached hydrogens (tertiary/aromatic N) is 1. The van der Waals surface area contributed by atoms with Gasteiger partial charge in [0, 0.05) is 30.7 Å². The highest BCUT2D eigenvalue weighted by Gasteiger charge is 2.36. The van der Waals surface area contributed by atoms with Gasteiger partial charge in [0.2, 0.25) is 10.0 Å². The highest BCUT2D eigenvalue weighted by atomic mass is 79.9. The molecule has 0 saturated carbocycles. The summed E-state index contributed by atoms with van der Waals surface area (Å²) in [7, 11) is -3.51. The highest BCUT2D eigenvalue weighted by molar-refractivity contribution is 9.10. The molecule has 0 bridgehead atoms. The number of rotatable bonds is 6. The molecule has 0 unspecified atom stereocenters. The van der Waals surface area contributed by atoms with Crippen molar-refractivity contribution in [3.05, 3.63) is 64.6 Å². The fourth-order valence-corrected chi connectivity index (χ4v) is 4.82. The molecule has 0 spiro atoms. The molecule has 1 fully saturated rings. The Hall–Kier alpha value is -1.25. The number of nitrogens with one attached hydrogen (secondary N) is 1. The summed E-state index contributed by atoms with van der Waals surface area (Å²) in [6.07, 6.45) is 0.842. The average Bonchev–Trinajstić information content (AvgIpc) is 2.63. The minimum Gasteiger partial charge on any atom is -0.388 e. The lowest BCUT2D eigenvalue weighted by Crippen LogP contribution is -2.51. The van der Waals surface area contributed by atoms with Crippen LogP contribution in [-0.4, -0.2) is 43.1 Å². The SMILES string of the molecule is O=S(=O)(c1ccc(Br)cc1)N1CCC(O)(CNCc2ccccc2)CC1. The lowest BCUT2D eigenvalue weighted by atomic mass is 9.92. The lowest BCUT2D eigenvalue weighted by Gasteiger charge is -2.37. The number of benzene rings is 2. The van der Waals surface area contributed by atoms with Crippen LogP contribution in [0.4, 0.5) is 0 Å². The zero-order valence-corrected chi connectivity index (χ0v) is 16.8. The summed E-state index contributed by atoms with van der Waals surface area (Å²) in [6, 6.07) is 16.6. The van der Waals surface area contributed by atoms with Gasteiger partial charge >= 0.3 is 0 Å². The van der Waals surface area contributed by atoms with Crippen LogP contribution >= 0.6 is 15.9 Å². The summed E-state index contributed by atoms with van der Waals surface area (Å²) < 4.78 is 27.7. The first-order chi connectivity index (χ1) is 12.4. The Morgan fingerprint density at radius 2 is 1.65 bits per heavy atom. The van der Waals surface area contributed by atoms with Gasteiger partial charge in [0.25, 0.3) is 0 Å². The van der Waals surface area contributed by atoms with Crippen LogP contribution < -0.4 is 5.32 Å². The van der Waals surface area contributed by atoms with E-state index >= 15 is 0 Å². The van der Waals surface area contributed by atoms with E-state index in [1.54, 1.807) is 24.3 Å². The first-order valence-corrected chi connectivity index (χ1v) is 10.9. The van der Waals surface area contributed by atoms with Crippen molar-refractivity contribution in [2.45, 2.75) is 29.9 Å². The van der Waals surface area contributed by atoms with Crippen LogP contribution in [0.25, 0.3) is 0 Å². The number of hydrogen-bond donors (Lipinski definition) is 2. The van der Waals surface area contributed by atoms with Crippen molar-refractivity contribution in [1.82, 2.24) is 9.62 Å². The summed E-state index contributed by atoms with van der Waals surface area (Å²) in [5, 5.41) is 14.0. The molecular formula is C19H23BrN2O3S. The molecule has 7 heteroatoms. The van der Waals surface area contributed by atoms with E-state index in [-0.39, 0.29) is 4.90 Å². The molecule has 26 heavy (non-hydrogen) atoms. The molecule has 140 valence electrons. The van der Waals surface area contributed by atoms with Crippen LogP contribution in [0.1, 0.15) is 18.4 Å². The number of hydrogen-bond acceptors (Lipinski definition) is 4. The minimum atomic E-state index is -3.51. The first-order valence-electron chi connectivity index (χ1n) is 8.62. The van der Waals surface area contributed by atoms with Crippen LogP contribution in [0.5, 0.6) is 0 Å². The van der Waals surface area contributed by atoms with Crippen LogP contribution in [0, 0.1) is 0 Å². The van der Waals surface area contributed by atoms with Gasteiger partial charge in [-0.1, -0.05) is 46.3 Å². The van der Waals surface area contributed by atoms with Gasteiger partial charge in [-0.15, -0.1) is 0 Å². The molecule has 1 saturated heterocycles. The van der Waals surface area contributed by atoms with Crippen molar-refractivity contribution in [1.29, 1.82) is 0 Å². The van der Waals surface area contributed by atoms with Crippen molar-refractivity contribution in [2.75, 3.05) is 19.6 Å². The van der Waals surface area contributed by atoms with Gasteiger partial charge in [0.05, 0.1) is 10.5 Å². The Morgan fingerprint density at radius 1 is 1.04 bits per heavy atom. The van der Waals surface area contributed by atoms with E-state index in [0.717, 1.165) is 10.0 Å². The molecule has 5 nitrogen and oxygen atoms in total. The smallest absolute Gasteiger partial charge is 0.243 e. The Morgan fingerprint density at radius 3 is 2.27 bits per heavy atom. The Labute approximate surface area is 163 Å². The van der Waals surface area contributed by atoms with Gasteiger partial charge in [-0.25, -0.2) is 8.42 Å². The second kappa shape index (κ2) is 8.19. The number of aliphatic hydroxyl groups is 1. The molecular weight excluding hydrogens is 416 g/mol. The highest BCUT2D eigenvalue weighted by Crippen LogP contribution is 2.27. The molecule has 2 aromatic carbocycles. The van der Waals surface area contributed by atoms with E-state index < -0.39 is 15.6 Å². The monoisotopic (exact) mass is 438 g/mol. The summed E-state index contributed by atoms with van der Waals surface area (Å²) in [5.41, 5.74) is 0.284. The van der Waals surface area contributed by atoms with Crippen LogP contribution in [-0.2, 0) is 16.6 Å². The summed E-state index contributed by atoms with van der Waals surface area (Å²) in [4.78, 5) is 0.286. The van der Waals surface area contributed by atoms with E-state index in [2.05, 4.69) is 21.2 Å². The second-order valence-electron chi connectivity index (χ2n) is 6.67. The maximum Gasteiger partial charge on any atom is 0.243 e. The maximum atomic E-state index is 12.7. The topological polar surface area (TPSA) is 69.6 Å². The Bertz CT molecular complexity index is 818.